The van der Waals surface area contributed by atoms with Gasteiger partial charge in [-0.25, -0.2) is 0 Å². The van der Waals surface area contributed by atoms with Crippen molar-refractivity contribution in [2.75, 3.05) is 7.05 Å². The van der Waals surface area contributed by atoms with Crippen LogP contribution in [0.1, 0.15) is 40.5 Å². The molecular weight excluding hydrogens is 198 g/mol. The Balaban J connectivity index is 2.82. The summed E-state index contributed by atoms with van der Waals surface area (Å²) in [4.78, 5) is 2.04. The molecule has 0 aromatic rings. The Kier molecular flexibility index (Phi) is 3.48. The van der Waals surface area contributed by atoms with Gasteiger partial charge in [-0.3, -0.25) is 5.41 Å². The van der Waals surface area contributed by atoms with E-state index < -0.39 is 0 Å². The molecule has 2 N–H and O–H groups in total. The maximum absolute atomic E-state index is 7.83. The van der Waals surface area contributed by atoms with Crippen LogP contribution in [0.4, 0.5) is 0 Å². The second-order valence-electron chi connectivity index (χ2n) is 6.16. The van der Waals surface area contributed by atoms with Crippen molar-refractivity contribution in [3.8, 4) is 0 Å². The molecule has 3 nitrogen and oxygen atoms in total. The topological polar surface area (TPSA) is 39.1 Å². The average molecular weight is 223 g/mol. The fourth-order valence-electron chi connectivity index (χ4n) is 2.88. The highest BCUT2D eigenvalue weighted by Gasteiger charge is 2.39. The van der Waals surface area contributed by atoms with Gasteiger partial charge in [0.05, 0.1) is 0 Å². The number of rotatable bonds is 2. The van der Waals surface area contributed by atoms with Gasteiger partial charge in [-0.2, -0.15) is 0 Å². The summed E-state index contributed by atoms with van der Waals surface area (Å²) in [6.45, 7) is 12.6. The highest BCUT2D eigenvalue weighted by Crippen LogP contribution is 2.31. The standard InChI is InChI=1S/C13H25N3/c1-7-11(14)16(6)10-8-12(2,3)15-13(4,5)9-10/h7,10,14-15H,1,8-9H2,2-6H3. The number of nitrogens with zero attached hydrogens (tertiary/aromatic N) is 1. The number of hydrogen-bond acceptors (Lipinski definition) is 2. The molecule has 1 aliphatic heterocycles. The minimum Gasteiger partial charge on any atom is -0.357 e. The van der Waals surface area contributed by atoms with Gasteiger partial charge < -0.3 is 10.2 Å². The maximum atomic E-state index is 7.83. The van der Waals surface area contributed by atoms with Gasteiger partial charge in [-0.1, -0.05) is 6.58 Å². The minimum absolute atomic E-state index is 0.127. The molecule has 1 rings (SSSR count). The molecule has 1 aliphatic rings. The Morgan fingerprint density at radius 1 is 1.31 bits per heavy atom. The molecule has 0 saturated carbocycles. The van der Waals surface area contributed by atoms with E-state index in [4.69, 9.17) is 5.41 Å². The SMILES string of the molecule is C=CC(=N)N(C)C1CC(C)(C)NC(C)(C)C1. The molecule has 0 aromatic carbocycles. The first kappa shape index (κ1) is 13.2. The lowest BCUT2D eigenvalue weighted by atomic mass is 9.79. The number of hydrogen-bond donors (Lipinski definition) is 2. The Hall–Kier alpha value is -0.830. The van der Waals surface area contributed by atoms with Crippen molar-refractivity contribution < 1.29 is 0 Å². The molecule has 0 spiro atoms. The first-order valence-corrected chi connectivity index (χ1v) is 5.90. The molecule has 0 aliphatic carbocycles. The molecule has 92 valence electrons. The first-order valence-electron chi connectivity index (χ1n) is 5.90. The lowest BCUT2D eigenvalue weighted by molar-refractivity contribution is 0.114. The van der Waals surface area contributed by atoms with Gasteiger partial charge in [0, 0.05) is 24.2 Å². The lowest BCUT2D eigenvalue weighted by Gasteiger charge is -2.49. The summed E-state index contributed by atoms with van der Waals surface area (Å²) in [5.41, 5.74) is 0.254. The van der Waals surface area contributed by atoms with Gasteiger partial charge in [-0.15, -0.1) is 0 Å². The number of nitrogens with one attached hydrogen (secondary N) is 2. The zero-order valence-corrected chi connectivity index (χ0v) is 11.2. The molecule has 3 heteroatoms. The molecule has 1 saturated heterocycles. The molecule has 0 bridgehead atoms. The van der Waals surface area contributed by atoms with E-state index in [0.717, 1.165) is 12.8 Å². The highest BCUT2D eigenvalue weighted by molar-refractivity contribution is 5.89. The van der Waals surface area contributed by atoms with E-state index in [-0.39, 0.29) is 11.1 Å². The van der Waals surface area contributed by atoms with E-state index in [0.29, 0.717) is 11.9 Å². The van der Waals surface area contributed by atoms with Gasteiger partial charge in [0.15, 0.2) is 0 Å². The molecule has 0 unspecified atom stereocenters. The van der Waals surface area contributed by atoms with Crippen molar-refractivity contribution in [3.05, 3.63) is 12.7 Å². The molecule has 0 amide bonds. The summed E-state index contributed by atoms with van der Waals surface area (Å²) in [6, 6.07) is 0.414. The summed E-state index contributed by atoms with van der Waals surface area (Å²) in [5.74, 6) is 0.513. The van der Waals surface area contributed by atoms with Crippen molar-refractivity contribution >= 4 is 5.84 Å². The van der Waals surface area contributed by atoms with Gasteiger partial charge in [0.1, 0.15) is 5.84 Å². The molecule has 0 aromatic heterocycles. The smallest absolute Gasteiger partial charge is 0.119 e. The van der Waals surface area contributed by atoms with E-state index >= 15 is 0 Å². The van der Waals surface area contributed by atoms with E-state index in [9.17, 15) is 0 Å². The van der Waals surface area contributed by atoms with Crippen LogP contribution in [0, 0.1) is 5.41 Å². The van der Waals surface area contributed by atoms with Crippen LogP contribution in [0.25, 0.3) is 0 Å². The normalized spacial score (nSPS) is 23.8. The van der Waals surface area contributed by atoms with Crippen molar-refractivity contribution in [1.29, 1.82) is 5.41 Å². The summed E-state index contributed by atoms with van der Waals surface area (Å²) >= 11 is 0. The van der Waals surface area contributed by atoms with E-state index in [2.05, 4.69) is 39.6 Å². The second kappa shape index (κ2) is 4.21. The van der Waals surface area contributed by atoms with E-state index in [1.807, 2.05) is 11.9 Å². The van der Waals surface area contributed by atoms with E-state index in [1.54, 1.807) is 6.08 Å². The average Bonchev–Trinajstić information content (AvgIpc) is 2.10. The van der Waals surface area contributed by atoms with Gasteiger partial charge in [0.2, 0.25) is 0 Å². The minimum atomic E-state index is 0.127. The van der Waals surface area contributed by atoms with Crippen LogP contribution in [0.2, 0.25) is 0 Å². The van der Waals surface area contributed by atoms with Crippen LogP contribution in [0.15, 0.2) is 12.7 Å². The van der Waals surface area contributed by atoms with E-state index in [1.165, 1.54) is 0 Å². The summed E-state index contributed by atoms with van der Waals surface area (Å²) in [5, 5.41) is 11.5. The largest absolute Gasteiger partial charge is 0.357 e. The van der Waals surface area contributed by atoms with Crippen LogP contribution >= 0.6 is 0 Å². The van der Waals surface area contributed by atoms with Crippen molar-refractivity contribution in [3.63, 3.8) is 0 Å². The zero-order chi connectivity index (χ0) is 12.6. The maximum Gasteiger partial charge on any atom is 0.119 e. The van der Waals surface area contributed by atoms with Crippen molar-refractivity contribution in [1.82, 2.24) is 10.2 Å². The predicted octanol–water partition coefficient (Wildman–Crippen LogP) is 2.39. The third-order valence-corrected chi connectivity index (χ3v) is 3.29. The third kappa shape index (κ3) is 3.08. The summed E-state index contributed by atoms with van der Waals surface area (Å²) in [7, 11) is 1.99. The summed E-state index contributed by atoms with van der Waals surface area (Å²) < 4.78 is 0. The number of piperidine rings is 1. The molecule has 16 heavy (non-hydrogen) atoms. The van der Waals surface area contributed by atoms with Crippen LogP contribution in [0.5, 0.6) is 0 Å². The predicted molar refractivity (Wildman–Crippen MR) is 70.0 cm³/mol. The number of amidine groups is 1. The molecule has 1 fully saturated rings. The van der Waals surface area contributed by atoms with Gasteiger partial charge in [0.25, 0.3) is 0 Å². The van der Waals surface area contributed by atoms with Crippen LogP contribution < -0.4 is 5.32 Å². The highest BCUT2D eigenvalue weighted by atomic mass is 15.2. The van der Waals surface area contributed by atoms with Crippen LogP contribution in [0.3, 0.4) is 0 Å². The third-order valence-electron chi connectivity index (χ3n) is 3.29. The fraction of sp³-hybridized carbons (Fsp3) is 0.769. The quantitative estimate of drug-likeness (QED) is 0.557. The Labute approximate surface area is 99.4 Å². The Morgan fingerprint density at radius 3 is 2.12 bits per heavy atom. The second-order valence-corrected chi connectivity index (χ2v) is 6.16. The first-order chi connectivity index (χ1) is 7.17. The summed E-state index contributed by atoms with van der Waals surface area (Å²) in [6.07, 6.45) is 3.73. The lowest BCUT2D eigenvalue weighted by Crippen LogP contribution is -2.62. The van der Waals surface area contributed by atoms with Crippen molar-refractivity contribution in [2.24, 2.45) is 0 Å². The Morgan fingerprint density at radius 2 is 1.75 bits per heavy atom. The van der Waals surface area contributed by atoms with Gasteiger partial charge >= 0.3 is 0 Å². The van der Waals surface area contributed by atoms with Gasteiger partial charge in [-0.05, 0) is 46.6 Å². The molecule has 1 heterocycles. The van der Waals surface area contributed by atoms with Crippen LogP contribution in [-0.4, -0.2) is 34.9 Å². The zero-order valence-electron chi connectivity index (χ0n) is 11.2. The molecular formula is C13H25N3. The Bertz CT molecular complexity index is 276. The molecule has 0 radical (unpaired) electrons. The van der Waals surface area contributed by atoms with Crippen molar-refractivity contribution in [2.45, 2.75) is 57.7 Å². The molecule has 0 atom stereocenters. The monoisotopic (exact) mass is 223 g/mol. The fourth-order valence-corrected chi connectivity index (χ4v) is 2.88. The van der Waals surface area contributed by atoms with Crippen LogP contribution in [-0.2, 0) is 0 Å². The number of likely N-dealkylation sites (N-methyl/N-ethyl adjacent to an activating group) is 1.